The summed E-state index contributed by atoms with van der Waals surface area (Å²) < 4.78 is 0. The summed E-state index contributed by atoms with van der Waals surface area (Å²) in [4.78, 5) is 4.92. The second-order valence-corrected chi connectivity index (χ2v) is 7.22. The van der Waals surface area contributed by atoms with Crippen LogP contribution in [-0.2, 0) is 0 Å². The molecule has 4 aromatic carbocycles. The Bertz CT molecular complexity index is 1130. The number of rotatable bonds is 4. The van der Waals surface area contributed by atoms with Gasteiger partial charge in [0.05, 0.1) is 0 Å². The molecule has 0 amide bonds. The maximum atomic E-state index is 10.8. The average Bonchev–Trinajstić information content (AvgIpc) is 2.72. The summed E-state index contributed by atoms with van der Waals surface area (Å²) in [5.74, 6) is 0.269. The fourth-order valence-electron chi connectivity index (χ4n) is 3.46. The van der Waals surface area contributed by atoms with Gasteiger partial charge in [0, 0.05) is 11.8 Å². The smallest absolute Gasteiger partial charge is 0.121 e. The number of aromatic hydroxyl groups is 1. The normalized spacial score (nSPS) is 12.5. The summed E-state index contributed by atoms with van der Waals surface area (Å²) in [6, 6.07) is 28.2. The number of aryl methyl sites for hydroxylation is 2. The molecular formula is C26H23NO. The van der Waals surface area contributed by atoms with E-state index in [4.69, 9.17) is 4.99 Å². The molecule has 0 aromatic heterocycles. The lowest BCUT2D eigenvalue weighted by molar-refractivity contribution is 0.467. The van der Waals surface area contributed by atoms with E-state index >= 15 is 0 Å². The molecule has 1 unspecified atom stereocenters. The summed E-state index contributed by atoms with van der Waals surface area (Å²) in [5.41, 5.74) is 5.36. The molecule has 0 radical (unpaired) electrons. The molecule has 1 N–H and O–H groups in total. The molecule has 0 aliphatic heterocycles. The first kappa shape index (κ1) is 18.0. The van der Waals surface area contributed by atoms with Crippen LogP contribution in [0.4, 0.5) is 0 Å². The molecule has 2 heteroatoms. The van der Waals surface area contributed by atoms with Gasteiger partial charge in [-0.05, 0) is 41.8 Å². The van der Waals surface area contributed by atoms with Gasteiger partial charge in [-0.2, -0.15) is 0 Å². The zero-order valence-corrected chi connectivity index (χ0v) is 16.1. The van der Waals surface area contributed by atoms with Crippen LogP contribution >= 0.6 is 0 Å². The highest BCUT2D eigenvalue weighted by Crippen LogP contribution is 2.38. The van der Waals surface area contributed by atoms with Gasteiger partial charge in [-0.25, -0.2) is 0 Å². The molecule has 0 heterocycles. The van der Waals surface area contributed by atoms with Crippen molar-refractivity contribution in [1.82, 2.24) is 0 Å². The number of hydrogen-bond donors (Lipinski definition) is 1. The molecule has 28 heavy (non-hydrogen) atoms. The van der Waals surface area contributed by atoms with E-state index in [0.717, 1.165) is 27.5 Å². The van der Waals surface area contributed by atoms with E-state index in [2.05, 4.69) is 68.4 Å². The molecule has 138 valence electrons. The Morgan fingerprint density at radius 1 is 0.750 bits per heavy atom. The standard InChI is InChI=1S/C26H23NO/c1-18-7-11-20(12-8-18)17-27-26(22-13-9-19(2)10-14-22)25-23-6-4-3-5-21(23)15-16-24(25)28/h3-17,26,28H,1-2H3. The third-order valence-corrected chi connectivity index (χ3v) is 5.06. The number of aliphatic imine (C=N–C) groups is 1. The number of nitrogens with zero attached hydrogens (tertiary/aromatic N) is 1. The first-order chi connectivity index (χ1) is 13.6. The van der Waals surface area contributed by atoms with Crippen LogP contribution in [0.5, 0.6) is 5.75 Å². The zero-order valence-electron chi connectivity index (χ0n) is 16.1. The van der Waals surface area contributed by atoms with Gasteiger partial charge in [0.2, 0.25) is 0 Å². The number of hydrogen-bond acceptors (Lipinski definition) is 2. The van der Waals surface area contributed by atoms with Crippen LogP contribution < -0.4 is 0 Å². The number of fused-ring (bicyclic) bond motifs is 1. The third-order valence-electron chi connectivity index (χ3n) is 5.06. The molecule has 4 aromatic rings. The molecule has 2 nitrogen and oxygen atoms in total. The van der Waals surface area contributed by atoms with Crippen molar-refractivity contribution in [1.29, 1.82) is 0 Å². The van der Waals surface area contributed by atoms with E-state index in [1.165, 1.54) is 11.1 Å². The lowest BCUT2D eigenvalue weighted by Crippen LogP contribution is -2.01. The van der Waals surface area contributed by atoms with Crippen LogP contribution in [0.15, 0.2) is 89.9 Å². The van der Waals surface area contributed by atoms with Gasteiger partial charge < -0.3 is 5.11 Å². The molecule has 1 atom stereocenters. The molecular weight excluding hydrogens is 342 g/mol. The van der Waals surface area contributed by atoms with Gasteiger partial charge in [-0.1, -0.05) is 90.0 Å². The van der Waals surface area contributed by atoms with Crippen LogP contribution in [0.25, 0.3) is 10.8 Å². The van der Waals surface area contributed by atoms with Crippen molar-refractivity contribution in [3.63, 3.8) is 0 Å². The van der Waals surface area contributed by atoms with Crippen molar-refractivity contribution in [3.05, 3.63) is 113 Å². The predicted octanol–water partition coefficient (Wildman–Crippen LogP) is 6.37. The average molecular weight is 365 g/mol. The van der Waals surface area contributed by atoms with Crippen LogP contribution in [0.2, 0.25) is 0 Å². The number of phenols is 1. The van der Waals surface area contributed by atoms with Crippen molar-refractivity contribution >= 4 is 17.0 Å². The molecule has 0 saturated carbocycles. The lowest BCUT2D eigenvalue weighted by Gasteiger charge is -2.18. The van der Waals surface area contributed by atoms with Gasteiger partial charge in [-0.15, -0.1) is 0 Å². The molecule has 4 rings (SSSR count). The molecule has 0 aliphatic rings. The van der Waals surface area contributed by atoms with E-state index in [0.29, 0.717) is 0 Å². The van der Waals surface area contributed by atoms with Crippen LogP contribution in [0.1, 0.15) is 33.9 Å². The van der Waals surface area contributed by atoms with E-state index in [1.54, 1.807) is 6.07 Å². The SMILES string of the molecule is Cc1ccc(C=NC(c2ccc(C)cc2)c2c(O)ccc3ccccc23)cc1. The highest BCUT2D eigenvalue weighted by atomic mass is 16.3. The van der Waals surface area contributed by atoms with Crippen LogP contribution in [-0.4, -0.2) is 11.3 Å². The summed E-state index contributed by atoms with van der Waals surface area (Å²) >= 11 is 0. The highest BCUT2D eigenvalue weighted by Gasteiger charge is 2.19. The zero-order chi connectivity index (χ0) is 19.5. The minimum atomic E-state index is -0.284. The Morgan fingerprint density at radius 2 is 1.39 bits per heavy atom. The molecule has 0 aliphatic carbocycles. The van der Waals surface area contributed by atoms with Gasteiger partial charge in [0.15, 0.2) is 0 Å². The minimum Gasteiger partial charge on any atom is -0.508 e. The van der Waals surface area contributed by atoms with Crippen LogP contribution in [0, 0.1) is 13.8 Å². The summed E-state index contributed by atoms with van der Waals surface area (Å²) in [6.07, 6.45) is 1.89. The molecule has 0 bridgehead atoms. The van der Waals surface area contributed by atoms with Crippen molar-refractivity contribution in [2.24, 2.45) is 4.99 Å². The second-order valence-electron chi connectivity index (χ2n) is 7.22. The fourth-order valence-corrected chi connectivity index (χ4v) is 3.46. The monoisotopic (exact) mass is 365 g/mol. The Balaban J connectivity index is 1.87. The summed E-state index contributed by atoms with van der Waals surface area (Å²) in [7, 11) is 0. The maximum absolute atomic E-state index is 10.8. The van der Waals surface area contributed by atoms with E-state index in [-0.39, 0.29) is 11.8 Å². The topological polar surface area (TPSA) is 32.6 Å². The van der Waals surface area contributed by atoms with Gasteiger partial charge >= 0.3 is 0 Å². The van der Waals surface area contributed by atoms with Gasteiger partial charge in [0.1, 0.15) is 11.8 Å². The van der Waals surface area contributed by atoms with Gasteiger partial charge in [0.25, 0.3) is 0 Å². The van der Waals surface area contributed by atoms with Crippen molar-refractivity contribution in [2.75, 3.05) is 0 Å². The maximum Gasteiger partial charge on any atom is 0.121 e. The van der Waals surface area contributed by atoms with E-state index < -0.39 is 0 Å². The van der Waals surface area contributed by atoms with Gasteiger partial charge in [-0.3, -0.25) is 4.99 Å². The molecule has 0 spiro atoms. The Kier molecular flexibility index (Phi) is 4.94. The summed E-state index contributed by atoms with van der Waals surface area (Å²) in [6.45, 7) is 4.15. The highest BCUT2D eigenvalue weighted by molar-refractivity contribution is 5.89. The molecule has 0 saturated heterocycles. The Labute approximate surface area is 165 Å². The first-order valence-electron chi connectivity index (χ1n) is 9.49. The molecule has 0 fully saturated rings. The third kappa shape index (κ3) is 3.67. The van der Waals surface area contributed by atoms with Crippen molar-refractivity contribution < 1.29 is 5.11 Å². The van der Waals surface area contributed by atoms with Crippen molar-refractivity contribution in [3.8, 4) is 5.75 Å². The fraction of sp³-hybridized carbons (Fsp3) is 0.115. The number of benzene rings is 4. The quantitative estimate of drug-likeness (QED) is 0.419. The minimum absolute atomic E-state index is 0.269. The predicted molar refractivity (Wildman–Crippen MR) is 117 cm³/mol. The van der Waals surface area contributed by atoms with Crippen LogP contribution in [0.3, 0.4) is 0 Å². The largest absolute Gasteiger partial charge is 0.508 e. The number of phenolic OH excluding ortho intramolecular Hbond substituents is 1. The van der Waals surface area contributed by atoms with E-state index in [1.807, 2.05) is 30.5 Å². The Morgan fingerprint density at radius 3 is 2.11 bits per heavy atom. The lowest BCUT2D eigenvalue weighted by atomic mass is 9.92. The van der Waals surface area contributed by atoms with Crippen molar-refractivity contribution in [2.45, 2.75) is 19.9 Å². The first-order valence-corrected chi connectivity index (χ1v) is 9.49. The second kappa shape index (κ2) is 7.69. The summed E-state index contributed by atoms with van der Waals surface area (Å²) in [5, 5.41) is 12.9. The van der Waals surface area contributed by atoms with E-state index in [9.17, 15) is 5.11 Å². The Hall–Kier alpha value is -3.39.